The molecule has 0 aromatic heterocycles. The van der Waals surface area contributed by atoms with E-state index in [2.05, 4.69) is 0 Å². The van der Waals surface area contributed by atoms with Crippen LogP contribution in [0.5, 0.6) is 5.75 Å². The maximum absolute atomic E-state index is 11.2. The maximum Gasteiger partial charge on any atom is 0.344 e. The minimum atomic E-state index is -0.426. The largest absolute Gasteiger partial charge is 0.482 e. The van der Waals surface area contributed by atoms with E-state index in [4.69, 9.17) is 20.3 Å². The Kier molecular flexibility index (Phi) is 5.88. The average molecular weight is 239 g/mol. The smallest absolute Gasteiger partial charge is 0.344 e. The molecule has 0 unspecified atom stereocenters. The predicted molar refractivity (Wildman–Crippen MR) is 63.6 cm³/mol. The summed E-state index contributed by atoms with van der Waals surface area (Å²) in [5.74, 6) is 0.114. The van der Waals surface area contributed by atoms with Crippen LogP contribution in [0.4, 0.5) is 5.69 Å². The van der Waals surface area contributed by atoms with Gasteiger partial charge in [0.1, 0.15) is 5.75 Å². The lowest BCUT2D eigenvalue weighted by Gasteiger charge is -2.07. The number of anilines is 1. The second-order valence-corrected chi connectivity index (χ2v) is 3.51. The molecule has 0 atom stereocenters. The summed E-state index contributed by atoms with van der Waals surface area (Å²) >= 11 is 0. The molecule has 0 spiro atoms. The van der Waals surface area contributed by atoms with E-state index >= 15 is 0 Å². The number of nitrogens with two attached hydrogens (primary N) is 1. The summed E-state index contributed by atoms with van der Waals surface area (Å²) in [7, 11) is 0. The van der Waals surface area contributed by atoms with Crippen molar-refractivity contribution >= 4 is 11.7 Å². The molecule has 5 heteroatoms. The van der Waals surface area contributed by atoms with Gasteiger partial charge in [0.05, 0.1) is 6.61 Å². The van der Waals surface area contributed by atoms with E-state index in [0.717, 1.165) is 0 Å². The monoisotopic (exact) mass is 239 g/mol. The first-order valence-electron chi connectivity index (χ1n) is 5.47. The fourth-order valence-corrected chi connectivity index (χ4v) is 1.19. The highest BCUT2D eigenvalue weighted by atomic mass is 16.6. The number of esters is 1. The van der Waals surface area contributed by atoms with Crippen LogP contribution < -0.4 is 10.5 Å². The van der Waals surface area contributed by atoms with Crippen molar-refractivity contribution in [1.82, 2.24) is 0 Å². The fourth-order valence-electron chi connectivity index (χ4n) is 1.19. The summed E-state index contributed by atoms with van der Waals surface area (Å²) in [6.45, 7) is 0.277. The van der Waals surface area contributed by atoms with Crippen LogP contribution in [-0.2, 0) is 9.53 Å². The van der Waals surface area contributed by atoms with Gasteiger partial charge in [-0.25, -0.2) is 4.79 Å². The lowest BCUT2D eigenvalue weighted by atomic mass is 10.3. The third-order valence-electron chi connectivity index (χ3n) is 2.03. The molecular weight excluding hydrogens is 222 g/mol. The number of aliphatic hydroxyl groups excluding tert-OH is 1. The Hall–Kier alpha value is -1.75. The third kappa shape index (κ3) is 5.77. The Balaban J connectivity index is 2.19. The van der Waals surface area contributed by atoms with E-state index in [0.29, 0.717) is 30.9 Å². The van der Waals surface area contributed by atoms with E-state index in [1.807, 2.05) is 0 Å². The summed E-state index contributed by atoms with van der Waals surface area (Å²) < 4.78 is 10.1. The standard InChI is InChI=1S/C12H17NO4/c13-10-4-3-5-11(8-10)17-9-12(15)16-7-2-1-6-14/h3-5,8,14H,1-2,6-7,9,13H2. The predicted octanol–water partition coefficient (Wildman–Crippen LogP) is 0.963. The van der Waals surface area contributed by atoms with Crippen LogP contribution in [0, 0.1) is 0 Å². The molecule has 1 aromatic carbocycles. The molecule has 3 N–H and O–H groups in total. The summed E-state index contributed by atoms with van der Waals surface area (Å²) in [6, 6.07) is 6.84. The number of aliphatic hydroxyl groups is 1. The fraction of sp³-hybridized carbons (Fsp3) is 0.417. The van der Waals surface area contributed by atoms with Crippen molar-refractivity contribution in [2.24, 2.45) is 0 Å². The number of carbonyl (C=O) groups excluding carboxylic acids is 1. The summed E-state index contributed by atoms with van der Waals surface area (Å²) in [6.07, 6.45) is 1.28. The number of hydrogen-bond acceptors (Lipinski definition) is 5. The molecule has 1 rings (SSSR count). The van der Waals surface area contributed by atoms with Crippen LogP contribution >= 0.6 is 0 Å². The zero-order valence-electron chi connectivity index (χ0n) is 9.59. The zero-order valence-corrected chi connectivity index (χ0v) is 9.59. The molecule has 0 saturated carbocycles. The average Bonchev–Trinajstić information content (AvgIpc) is 2.32. The minimum absolute atomic E-state index is 0.108. The number of ether oxygens (including phenoxy) is 2. The van der Waals surface area contributed by atoms with Gasteiger partial charge in [-0.2, -0.15) is 0 Å². The van der Waals surface area contributed by atoms with Crippen molar-refractivity contribution in [3.63, 3.8) is 0 Å². The quantitative estimate of drug-likeness (QED) is 0.421. The minimum Gasteiger partial charge on any atom is -0.482 e. The summed E-state index contributed by atoms with van der Waals surface area (Å²) in [5, 5.41) is 8.53. The SMILES string of the molecule is Nc1cccc(OCC(=O)OCCCCO)c1. The van der Waals surface area contributed by atoms with E-state index in [-0.39, 0.29) is 13.2 Å². The van der Waals surface area contributed by atoms with Crippen molar-refractivity contribution in [3.8, 4) is 5.75 Å². The van der Waals surface area contributed by atoms with E-state index in [1.54, 1.807) is 24.3 Å². The van der Waals surface area contributed by atoms with Crippen LogP contribution in [0.3, 0.4) is 0 Å². The van der Waals surface area contributed by atoms with Gasteiger partial charge in [0.25, 0.3) is 0 Å². The summed E-state index contributed by atoms with van der Waals surface area (Å²) in [4.78, 5) is 11.2. The number of rotatable bonds is 7. The normalized spacial score (nSPS) is 9.94. The van der Waals surface area contributed by atoms with Crippen LogP contribution in [0.25, 0.3) is 0 Å². The van der Waals surface area contributed by atoms with Gasteiger partial charge in [0.2, 0.25) is 0 Å². The second kappa shape index (κ2) is 7.51. The molecule has 94 valence electrons. The zero-order chi connectivity index (χ0) is 12.5. The lowest BCUT2D eigenvalue weighted by Crippen LogP contribution is -2.15. The van der Waals surface area contributed by atoms with Gasteiger partial charge in [0.15, 0.2) is 6.61 Å². The molecule has 0 radical (unpaired) electrons. The van der Waals surface area contributed by atoms with Crippen molar-refractivity contribution in [2.45, 2.75) is 12.8 Å². The Labute approximate surface area is 100 Å². The van der Waals surface area contributed by atoms with Crippen molar-refractivity contribution < 1.29 is 19.4 Å². The first kappa shape index (κ1) is 13.3. The van der Waals surface area contributed by atoms with E-state index in [1.165, 1.54) is 0 Å². The van der Waals surface area contributed by atoms with Crippen molar-refractivity contribution in [1.29, 1.82) is 0 Å². The molecule has 0 amide bonds. The van der Waals surface area contributed by atoms with Gasteiger partial charge in [-0.1, -0.05) is 6.07 Å². The molecule has 0 aliphatic heterocycles. The molecular formula is C12H17NO4. The lowest BCUT2D eigenvalue weighted by molar-refractivity contribution is -0.146. The number of carbonyl (C=O) groups is 1. The molecule has 1 aromatic rings. The first-order valence-corrected chi connectivity index (χ1v) is 5.47. The molecule has 0 bridgehead atoms. The number of unbranched alkanes of at least 4 members (excludes halogenated alkanes) is 1. The van der Waals surface area contributed by atoms with Gasteiger partial charge in [0, 0.05) is 18.4 Å². The number of nitrogen functional groups attached to an aromatic ring is 1. The Morgan fingerprint density at radius 3 is 2.88 bits per heavy atom. The topological polar surface area (TPSA) is 81.8 Å². The van der Waals surface area contributed by atoms with Gasteiger partial charge in [-0.15, -0.1) is 0 Å². The van der Waals surface area contributed by atoms with Gasteiger partial charge in [-0.05, 0) is 25.0 Å². The molecule has 5 nitrogen and oxygen atoms in total. The van der Waals surface area contributed by atoms with Gasteiger partial charge >= 0.3 is 5.97 Å². The molecule has 0 saturated heterocycles. The first-order chi connectivity index (χ1) is 8.22. The highest BCUT2D eigenvalue weighted by molar-refractivity contribution is 5.71. The molecule has 0 fully saturated rings. The van der Waals surface area contributed by atoms with Crippen molar-refractivity contribution in [3.05, 3.63) is 24.3 Å². The molecule has 0 aliphatic rings. The Bertz CT molecular complexity index is 354. The van der Waals surface area contributed by atoms with E-state index in [9.17, 15) is 4.79 Å². The molecule has 0 heterocycles. The Morgan fingerprint density at radius 2 is 2.18 bits per heavy atom. The van der Waals surface area contributed by atoms with Crippen LogP contribution in [0.1, 0.15) is 12.8 Å². The van der Waals surface area contributed by atoms with Crippen molar-refractivity contribution in [2.75, 3.05) is 25.6 Å². The number of benzene rings is 1. The second-order valence-electron chi connectivity index (χ2n) is 3.51. The van der Waals surface area contributed by atoms with Crippen LogP contribution in [0.2, 0.25) is 0 Å². The Morgan fingerprint density at radius 1 is 1.35 bits per heavy atom. The summed E-state index contributed by atoms with van der Waals surface area (Å²) in [5.41, 5.74) is 6.14. The number of hydrogen-bond donors (Lipinski definition) is 2. The van der Waals surface area contributed by atoms with Gasteiger partial charge in [-0.3, -0.25) is 0 Å². The van der Waals surface area contributed by atoms with Gasteiger partial charge < -0.3 is 20.3 Å². The molecule has 0 aliphatic carbocycles. The maximum atomic E-state index is 11.2. The van der Waals surface area contributed by atoms with E-state index < -0.39 is 5.97 Å². The molecule has 17 heavy (non-hydrogen) atoms. The van der Waals surface area contributed by atoms with Crippen LogP contribution in [0.15, 0.2) is 24.3 Å². The highest BCUT2D eigenvalue weighted by Crippen LogP contribution is 2.14. The third-order valence-corrected chi connectivity index (χ3v) is 2.03. The highest BCUT2D eigenvalue weighted by Gasteiger charge is 2.04. The van der Waals surface area contributed by atoms with Crippen LogP contribution in [-0.4, -0.2) is 30.9 Å².